The molecular formula is C19H22FN3O3S. The van der Waals surface area contributed by atoms with Gasteiger partial charge in [0, 0.05) is 23.6 Å². The molecule has 8 heteroatoms. The number of thiazole rings is 1. The quantitative estimate of drug-likeness (QED) is 0.821. The van der Waals surface area contributed by atoms with Gasteiger partial charge in [0.15, 0.2) is 5.13 Å². The summed E-state index contributed by atoms with van der Waals surface area (Å²) in [5.74, 6) is -1.23. The summed E-state index contributed by atoms with van der Waals surface area (Å²) in [5, 5.41) is 3.24. The molecule has 0 radical (unpaired) electrons. The van der Waals surface area contributed by atoms with Gasteiger partial charge in [-0.05, 0) is 44.9 Å². The summed E-state index contributed by atoms with van der Waals surface area (Å²) in [5.41, 5.74) is 1.07. The van der Waals surface area contributed by atoms with Gasteiger partial charge in [0.2, 0.25) is 5.91 Å². The molecule has 2 heterocycles. The summed E-state index contributed by atoms with van der Waals surface area (Å²) in [6, 6.07) is 5.48. The van der Waals surface area contributed by atoms with Crippen molar-refractivity contribution >= 4 is 28.3 Å². The fraction of sp³-hybridized carbons (Fsp3) is 0.421. The van der Waals surface area contributed by atoms with E-state index in [4.69, 9.17) is 4.74 Å². The summed E-state index contributed by atoms with van der Waals surface area (Å²) < 4.78 is 19.1. The average Bonchev–Trinajstić information content (AvgIpc) is 3.23. The van der Waals surface area contributed by atoms with E-state index in [0.29, 0.717) is 18.3 Å². The number of aryl methyl sites for hydroxylation is 2. The van der Waals surface area contributed by atoms with Gasteiger partial charge in [-0.25, -0.2) is 9.37 Å². The summed E-state index contributed by atoms with van der Waals surface area (Å²) in [4.78, 5) is 32.0. The van der Waals surface area contributed by atoms with Crippen LogP contribution in [0.4, 0.5) is 9.52 Å². The van der Waals surface area contributed by atoms with Crippen LogP contribution in [0.15, 0.2) is 24.3 Å². The second-order valence-corrected chi connectivity index (χ2v) is 7.74. The van der Waals surface area contributed by atoms with Crippen molar-refractivity contribution in [2.75, 3.05) is 25.0 Å². The largest absolute Gasteiger partial charge is 0.376 e. The molecule has 1 aromatic heterocycles. The molecule has 2 amide bonds. The lowest BCUT2D eigenvalue weighted by molar-refractivity contribution is -0.117. The number of hydrogen-bond donors (Lipinski definition) is 1. The van der Waals surface area contributed by atoms with Gasteiger partial charge >= 0.3 is 0 Å². The average molecular weight is 391 g/mol. The second-order valence-electron chi connectivity index (χ2n) is 6.54. The van der Waals surface area contributed by atoms with Crippen LogP contribution in [-0.4, -0.2) is 47.5 Å². The lowest BCUT2D eigenvalue weighted by Crippen LogP contribution is -2.42. The molecule has 1 aliphatic heterocycles. The number of halogens is 1. The number of nitrogens with zero attached hydrogens (tertiary/aromatic N) is 2. The molecule has 27 heavy (non-hydrogen) atoms. The number of aromatic nitrogens is 1. The number of nitrogens with one attached hydrogen (secondary N) is 1. The van der Waals surface area contributed by atoms with E-state index in [-0.39, 0.29) is 24.1 Å². The monoisotopic (exact) mass is 391 g/mol. The van der Waals surface area contributed by atoms with Gasteiger partial charge in [0.25, 0.3) is 5.91 Å². The van der Waals surface area contributed by atoms with Crippen molar-refractivity contribution in [2.45, 2.75) is 32.8 Å². The molecule has 0 unspecified atom stereocenters. The van der Waals surface area contributed by atoms with Gasteiger partial charge in [0.1, 0.15) is 12.4 Å². The Hall–Kier alpha value is -2.32. The molecule has 1 aromatic carbocycles. The predicted molar refractivity (Wildman–Crippen MR) is 101 cm³/mol. The van der Waals surface area contributed by atoms with Gasteiger partial charge in [0.05, 0.1) is 11.8 Å². The molecule has 1 N–H and O–H groups in total. The zero-order valence-electron chi connectivity index (χ0n) is 15.3. The molecule has 144 valence electrons. The Morgan fingerprint density at radius 1 is 1.41 bits per heavy atom. The third-order valence-corrected chi connectivity index (χ3v) is 5.40. The summed E-state index contributed by atoms with van der Waals surface area (Å²) in [6.45, 7) is 4.60. The van der Waals surface area contributed by atoms with Crippen LogP contribution in [0.5, 0.6) is 0 Å². The van der Waals surface area contributed by atoms with Crippen LogP contribution in [-0.2, 0) is 9.53 Å². The lowest BCUT2D eigenvalue weighted by atomic mass is 10.1. The Balaban J connectivity index is 1.72. The van der Waals surface area contributed by atoms with Crippen molar-refractivity contribution in [2.24, 2.45) is 0 Å². The Morgan fingerprint density at radius 3 is 2.85 bits per heavy atom. The van der Waals surface area contributed by atoms with Crippen LogP contribution >= 0.6 is 11.3 Å². The highest BCUT2D eigenvalue weighted by atomic mass is 32.1. The number of ether oxygens (including phenoxy) is 1. The topological polar surface area (TPSA) is 71.5 Å². The molecule has 0 aliphatic carbocycles. The van der Waals surface area contributed by atoms with Crippen molar-refractivity contribution in [3.05, 3.63) is 46.2 Å². The number of benzene rings is 1. The van der Waals surface area contributed by atoms with Gasteiger partial charge in [-0.2, -0.15) is 0 Å². The van der Waals surface area contributed by atoms with E-state index in [9.17, 15) is 14.0 Å². The van der Waals surface area contributed by atoms with Crippen molar-refractivity contribution in [3.63, 3.8) is 0 Å². The Labute approximate surface area is 161 Å². The second kappa shape index (κ2) is 8.58. The highest BCUT2D eigenvalue weighted by molar-refractivity contribution is 7.15. The van der Waals surface area contributed by atoms with Crippen LogP contribution in [0.1, 0.15) is 33.8 Å². The summed E-state index contributed by atoms with van der Waals surface area (Å²) in [6.07, 6.45) is 1.65. The molecule has 0 bridgehead atoms. The summed E-state index contributed by atoms with van der Waals surface area (Å²) in [7, 11) is 0. The number of carbonyl (C=O) groups is 2. The molecule has 6 nitrogen and oxygen atoms in total. The molecule has 1 saturated heterocycles. The molecule has 1 atom stereocenters. The molecule has 1 aliphatic rings. The van der Waals surface area contributed by atoms with E-state index in [1.807, 2.05) is 13.8 Å². The molecular weight excluding hydrogens is 369 g/mol. The SMILES string of the molecule is Cc1nc(NC(=O)CN(C[C@@H]2CCCO2)C(=O)c2cccc(F)c2)sc1C. The zero-order chi connectivity index (χ0) is 19.4. The third-order valence-electron chi connectivity index (χ3n) is 4.42. The van der Waals surface area contributed by atoms with Gasteiger partial charge in [-0.1, -0.05) is 6.07 Å². The standard InChI is InChI=1S/C19H22FN3O3S/c1-12-13(2)27-19(21-12)22-17(24)11-23(10-16-7-4-8-26-16)18(25)14-5-3-6-15(20)9-14/h3,5-6,9,16H,4,7-8,10-11H2,1-2H3,(H,21,22,24)/t16-/m0/s1. The maximum atomic E-state index is 13.5. The first-order chi connectivity index (χ1) is 12.9. The highest BCUT2D eigenvalue weighted by Gasteiger charge is 2.25. The van der Waals surface area contributed by atoms with Crippen LogP contribution in [0, 0.1) is 19.7 Å². The molecule has 0 saturated carbocycles. The molecule has 0 spiro atoms. The maximum absolute atomic E-state index is 13.5. The first-order valence-corrected chi connectivity index (χ1v) is 9.64. The normalized spacial score (nSPS) is 16.3. The van der Waals surface area contributed by atoms with E-state index in [2.05, 4.69) is 10.3 Å². The van der Waals surface area contributed by atoms with Gasteiger partial charge < -0.3 is 15.0 Å². The van der Waals surface area contributed by atoms with Crippen molar-refractivity contribution in [3.8, 4) is 0 Å². The van der Waals surface area contributed by atoms with Crippen molar-refractivity contribution in [1.29, 1.82) is 0 Å². The van der Waals surface area contributed by atoms with E-state index in [1.54, 1.807) is 6.07 Å². The third kappa shape index (κ3) is 5.11. The first-order valence-electron chi connectivity index (χ1n) is 8.82. The highest BCUT2D eigenvalue weighted by Crippen LogP contribution is 2.21. The fourth-order valence-corrected chi connectivity index (χ4v) is 3.75. The number of anilines is 1. The van der Waals surface area contributed by atoms with E-state index in [0.717, 1.165) is 23.4 Å². The number of amides is 2. The van der Waals surface area contributed by atoms with Crippen molar-refractivity contribution < 1.29 is 18.7 Å². The lowest BCUT2D eigenvalue weighted by Gasteiger charge is -2.25. The fourth-order valence-electron chi connectivity index (χ4n) is 2.92. The summed E-state index contributed by atoms with van der Waals surface area (Å²) >= 11 is 1.39. The Morgan fingerprint density at radius 2 is 2.22 bits per heavy atom. The van der Waals surface area contributed by atoms with Crippen LogP contribution in [0.25, 0.3) is 0 Å². The minimum absolute atomic E-state index is 0.111. The molecule has 2 aromatic rings. The van der Waals surface area contributed by atoms with Gasteiger partial charge in [-0.3, -0.25) is 9.59 Å². The molecule has 3 rings (SSSR count). The van der Waals surface area contributed by atoms with Gasteiger partial charge in [-0.15, -0.1) is 11.3 Å². The zero-order valence-corrected chi connectivity index (χ0v) is 16.1. The van der Waals surface area contributed by atoms with E-state index < -0.39 is 11.7 Å². The minimum Gasteiger partial charge on any atom is -0.376 e. The smallest absolute Gasteiger partial charge is 0.254 e. The van der Waals surface area contributed by atoms with E-state index in [1.165, 1.54) is 34.4 Å². The van der Waals surface area contributed by atoms with E-state index >= 15 is 0 Å². The number of rotatable bonds is 6. The molecule has 1 fully saturated rings. The van der Waals surface area contributed by atoms with Crippen molar-refractivity contribution in [1.82, 2.24) is 9.88 Å². The predicted octanol–water partition coefficient (Wildman–Crippen LogP) is 3.16. The minimum atomic E-state index is -0.490. The Bertz CT molecular complexity index is 814. The van der Waals surface area contributed by atoms with Crippen LogP contribution in [0.2, 0.25) is 0 Å². The first kappa shape index (κ1) is 19.4. The Kier molecular flexibility index (Phi) is 6.18. The van der Waals surface area contributed by atoms with Crippen LogP contribution < -0.4 is 5.32 Å². The number of carbonyl (C=O) groups excluding carboxylic acids is 2. The number of hydrogen-bond acceptors (Lipinski definition) is 5. The maximum Gasteiger partial charge on any atom is 0.254 e. The van der Waals surface area contributed by atoms with Crippen LogP contribution in [0.3, 0.4) is 0 Å².